The van der Waals surface area contributed by atoms with Crippen molar-refractivity contribution in [1.29, 1.82) is 0 Å². The molecule has 2 N–H and O–H groups in total. The number of hydrogen-bond acceptors (Lipinski definition) is 6. The molecule has 0 saturated carbocycles. The number of H-pyrrole nitrogens is 2. The van der Waals surface area contributed by atoms with Crippen LogP contribution in [0.5, 0.6) is 0 Å². The number of hydrogen-bond donors (Lipinski definition) is 2. The fourth-order valence-electron chi connectivity index (χ4n) is 4.17. The van der Waals surface area contributed by atoms with Gasteiger partial charge in [-0.2, -0.15) is 5.10 Å². The number of pyridine rings is 3. The van der Waals surface area contributed by atoms with Crippen LogP contribution >= 0.6 is 0 Å². The van der Waals surface area contributed by atoms with E-state index in [9.17, 15) is 0 Å². The summed E-state index contributed by atoms with van der Waals surface area (Å²) in [4.78, 5) is 24.1. The molecule has 0 unspecified atom stereocenters. The fraction of sp³-hybridized carbons (Fsp3) is 0.227. The summed E-state index contributed by atoms with van der Waals surface area (Å²) in [7, 11) is 0. The molecular formula is C22H20N8. The Kier molecular flexibility index (Phi) is 3.93. The van der Waals surface area contributed by atoms with Gasteiger partial charge in [-0.15, -0.1) is 0 Å². The van der Waals surface area contributed by atoms with E-state index in [0.29, 0.717) is 17.1 Å². The van der Waals surface area contributed by atoms with E-state index >= 15 is 0 Å². The molecule has 148 valence electrons. The molecule has 5 aromatic rings. The highest BCUT2D eigenvalue weighted by molar-refractivity contribution is 5.94. The molecular weight excluding hydrogens is 376 g/mol. The Hall–Kier alpha value is -3.81. The second-order valence-corrected chi connectivity index (χ2v) is 7.57. The van der Waals surface area contributed by atoms with E-state index in [1.807, 2.05) is 24.4 Å². The van der Waals surface area contributed by atoms with Crippen molar-refractivity contribution in [2.24, 2.45) is 0 Å². The van der Waals surface area contributed by atoms with E-state index in [1.54, 1.807) is 12.4 Å². The molecule has 6 heterocycles. The molecule has 0 amide bonds. The van der Waals surface area contributed by atoms with Gasteiger partial charge < -0.3 is 9.88 Å². The van der Waals surface area contributed by atoms with E-state index in [2.05, 4.69) is 47.2 Å². The quantitative estimate of drug-likeness (QED) is 0.479. The second kappa shape index (κ2) is 6.91. The summed E-state index contributed by atoms with van der Waals surface area (Å²) >= 11 is 0. The maximum atomic E-state index is 4.76. The number of aromatic amines is 2. The summed E-state index contributed by atoms with van der Waals surface area (Å²) in [5.41, 5.74) is 6.10. The van der Waals surface area contributed by atoms with Gasteiger partial charge in [0.1, 0.15) is 11.2 Å². The smallest absolute Gasteiger partial charge is 0.181 e. The highest BCUT2D eigenvalue weighted by Crippen LogP contribution is 2.31. The fourth-order valence-corrected chi connectivity index (χ4v) is 4.17. The number of rotatable bonds is 3. The molecule has 0 atom stereocenters. The van der Waals surface area contributed by atoms with Gasteiger partial charge >= 0.3 is 0 Å². The Morgan fingerprint density at radius 2 is 1.83 bits per heavy atom. The standard InChI is InChI=1S/C22H20N8/c1-4-10-30(11-5-1)17-7-9-24-21-19(17)26-22(27-21)18-15-12-14(13-25-20(15)29-28-18)16-6-2-3-8-23-16/h2-3,6-9,12-13H,1,4-5,10-11H2,(H,24,26,27)(H,25,28,29). The summed E-state index contributed by atoms with van der Waals surface area (Å²) in [5.74, 6) is 0.712. The van der Waals surface area contributed by atoms with Gasteiger partial charge in [-0.3, -0.25) is 10.1 Å². The lowest BCUT2D eigenvalue weighted by Gasteiger charge is -2.28. The van der Waals surface area contributed by atoms with Crippen LogP contribution in [0.15, 0.2) is 48.9 Å². The van der Waals surface area contributed by atoms with Gasteiger partial charge in [-0.25, -0.2) is 15.0 Å². The van der Waals surface area contributed by atoms with E-state index in [-0.39, 0.29) is 0 Å². The molecule has 1 aliphatic rings. The monoisotopic (exact) mass is 396 g/mol. The van der Waals surface area contributed by atoms with Crippen molar-refractivity contribution in [3.05, 3.63) is 48.9 Å². The molecule has 0 spiro atoms. The molecule has 0 aliphatic carbocycles. The van der Waals surface area contributed by atoms with Crippen molar-refractivity contribution in [3.8, 4) is 22.8 Å². The number of aromatic nitrogens is 7. The van der Waals surface area contributed by atoms with Crippen molar-refractivity contribution < 1.29 is 0 Å². The van der Waals surface area contributed by atoms with E-state index < -0.39 is 0 Å². The first kappa shape index (κ1) is 17.1. The summed E-state index contributed by atoms with van der Waals surface area (Å²) in [6, 6.07) is 9.96. The van der Waals surface area contributed by atoms with Gasteiger partial charge in [0.15, 0.2) is 17.1 Å². The van der Waals surface area contributed by atoms with Gasteiger partial charge in [0.2, 0.25) is 0 Å². The van der Waals surface area contributed by atoms with Crippen molar-refractivity contribution in [1.82, 2.24) is 35.1 Å². The molecule has 8 heteroatoms. The lowest BCUT2D eigenvalue weighted by molar-refractivity contribution is 0.578. The van der Waals surface area contributed by atoms with Crippen LogP contribution in [-0.2, 0) is 0 Å². The molecule has 6 rings (SSSR count). The Morgan fingerprint density at radius 3 is 2.70 bits per heavy atom. The largest absolute Gasteiger partial charge is 0.370 e. The number of piperidine rings is 1. The number of fused-ring (bicyclic) bond motifs is 2. The third kappa shape index (κ3) is 2.80. The first-order chi connectivity index (χ1) is 14.9. The van der Waals surface area contributed by atoms with Gasteiger partial charge in [-0.1, -0.05) is 6.07 Å². The van der Waals surface area contributed by atoms with Crippen LogP contribution in [0, 0.1) is 0 Å². The van der Waals surface area contributed by atoms with Crippen LogP contribution in [0.3, 0.4) is 0 Å². The second-order valence-electron chi connectivity index (χ2n) is 7.57. The average Bonchev–Trinajstić information content (AvgIpc) is 3.43. The van der Waals surface area contributed by atoms with Crippen LogP contribution in [0.2, 0.25) is 0 Å². The van der Waals surface area contributed by atoms with Crippen LogP contribution in [0.25, 0.3) is 45.0 Å². The molecule has 1 aliphatic heterocycles. The van der Waals surface area contributed by atoms with Crippen LogP contribution in [0.1, 0.15) is 19.3 Å². The van der Waals surface area contributed by atoms with Crippen molar-refractivity contribution in [2.75, 3.05) is 18.0 Å². The minimum absolute atomic E-state index is 0.648. The van der Waals surface area contributed by atoms with E-state index in [1.165, 1.54) is 19.3 Å². The van der Waals surface area contributed by atoms with Gasteiger partial charge in [0, 0.05) is 37.2 Å². The molecule has 1 fully saturated rings. The zero-order chi connectivity index (χ0) is 19.9. The molecule has 30 heavy (non-hydrogen) atoms. The zero-order valence-corrected chi connectivity index (χ0v) is 16.3. The molecule has 0 radical (unpaired) electrons. The summed E-state index contributed by atoms with van der Waals surface area (Å²) in [5, 5.41) is 8.37. The zero-order valence-electron chi connectivity index (χ0n) is 16.3. The molecule has 0 bridgehead atoms. The van der Waals surface area contributed by atoms with Gasteiger partial charge in [-0.05, 0) is 43.5 Å². The SMILES string of the molecule is c1ccc(-c2cnc3n[nH]c(-c4nc5nccc(N6CCCCC6)c5[nH]4)c3c2)nc1. The predicted molar refractivity (Wildman–Crippen MR) is 116 cm³/mol. The van der Waals surface area contributed by atoms with Crippen molar-refractivity contribution in [3.63, 3.8) is 0 Å². The van der Waals surface area contributed by atoms with Crippen LogP contribution < -0.4 is 4.90 Å². The maximum absolute atomic E-state index is 4.76. The lowest BCUT2D eigenvalue weighted by Crippen LogP contribution is -2.29. The number of anilines is 1. The molecule has 0 aromatic carbocycles. The Bertz CT molecular complexity index is 1330. The van der Waals surface area contributed by atoms with Crippen LogP contribution in [-0.4, -0.2) is 48.2 Å². The summed E-state index contributed by atoms with van der Waals surface area (Å²) in [6.45, 7) is 2.13. The topological polar surface area (TPSA) is 99.3 Å². The highest BCUT2D eigenvalue weighted by Gasteiger charge is 2.19. The molecule has 5 aromatic heterocycles. The summed E-state index contributed by atoms with van der Waals surface area (Å²) < 4.78 is 0. The molecule has 8 nitrogen and oxygen atoms in total. The lowest BCUT2D eigenvalue weighted by atomic mass is 10.1. The first-order valence-corrected chi connectivity index (χ1v) is 10.2. The Labute approximate surface area is 172 Å². The average molecular weight is 396 g/mol. The van der Waals surface area contributed by atoms with E-state index in [4.69, 9.17) is 4.98 Å². The van der Waals surface area contributed by atoms with Crippen LogP contribution in [0.4, 0.5) is 5.69 Å². The third-order valence-electron chi connectivity index (χ3n) is 5.67. The predicted octanol–water partition coefficient (Wildman–Crippen LogP) is 3.95. The minimum atomic E-state index is 0.648. The number of nitrogens with one attached hydrogen (secondary N) is 2. The van der Waals surface area contributed by atoms with Gasteiger partial charge in [0.05, 0.1) is 16.8 Å². The van der Waals surface area contributed by atoms with Gasteiger partial charge in [0.25, 0.3) is 0 Å². The van der Waals surface area contributed by atoms with E-state index in [0.717, 1.165) is 46.6 Å². The third-order valence-corrected chi connectivity index (χ3v) is 5.67. The molecule has 1 saturated heterocycles. The van der Waals surface area contributed by atoms with Crippen molar-refractivity contribution in [2.45, 2.75) is 19.3 Å². The minimum Gasteiger partial charge on any atom is -0.370 e. The normalized spacial score (nSPS) is 14.6. The first-order valence-electron chi connectivity index (χ1n) is 10.2. The van der Waals surface area contributed by atoms with Crippen molar-refractivity contribution >= 4 is 27.9 Å². The number of nitrogens with zero attached hydrogens (tertiary/aromatic N) is 6. The Morgan fingerprint density at radius 1 is 0.900 bits per heavy atom. The Balaban J connectivity index is 1.47. The highest BCUT2D eigenvalue weighted by atomic mass is 15.2. The maximum Gasteiger partial charge on any atom is 0.181 e. The number of imidazole rings is 1. The summed E-state index contributed by atoms with van der Waals surface area (Å²) in [6.07, 6.45) is 9.15.